The molecule has 0 saturated heterocycles. The first-order valence-corrected chi connectivity index (χ1v) is 13.2. The number of nitrogens with zero attached hydrogens (tertiary/aromatic N) is 2. The van der Waals surface area contributed by atoms with E-state index in [0.717, 1.165) is 40.8 Å². The van der Waals surface area contributed by atoms with Crippen molar-refractivity contribution < 1.29 is 8.42 Å². The lowest BCUT2D eigenvalue weighted by molar-refractivity contribution is 0.423. The number of aromatic nitrogens is 2. The molecule has 0 unspecified atom stereocenters. The Morgan fingerprint density at radius 3 is 2.50 bits per heavy atom. The SMILES string of the molecule is O=S(=O)(N[C@H]1CCCC[C@H]1Sc1nnc(Nc2ccccc2)s1)c1ccc(Cl)cc1. The summed E-state index contributed by atoms with van der Waals surface area (Å²) in [6, 6.07) is 15.9. The van der Waals surface area contributed by atoms with E-state index in [0.29, 0.717) is 5.02 Å². The number of sulfonamides is 1. The molecule has 1 saturated carbocycles. The summed E-state index contributed by atoms with van der Waals surface area (Å²) in [4.78, 5) is 0.228. The molecule has 1 aromatic heterocycles. The number of thioether (sulfide) groups is 1. The molecule has 1 fully saturated rings. The van der Waals surface area contributed by atoms with Crippen LogP contribution < -0.4 is 10.0 Å². The minimum atomic E-state index is -3.60. The molecule has 30 heavy (non-hydrogen) atoms. The molecule has 158 valence electrons. The highest BCUT2D eigenvalue weighted by molar-refractivity contribution is 8.01. The highest BCUT2D eigenvalue weighted by Gasteiger charge is 2.31. The first-order valence-electron chi connectivity index (χ1n) is 9.60. The van der Waals surface area contributed by atoms with Crippen LogP contribution in [-0.4, -0.2) is 29.9 Å². The standard InChI is InChI=1S/C20H21ClN4O2S3/c21-14-10-12-16(13-11-14)30(26,27)25-17-8-4-5-9-18(17)28-20-24-23-19(29-20)22-15-6-2-1-3-7-15/h1-3,6-7,10-13,17-18,25H,4-5,8-9H2,(H,22,23)/t17-,18+/m0/s1. The number of nitrogens with one attached hydrogen (secondary N) is 2. The van der Waals surface area contributed by atoms with E-state index < -0.39 is 10.0 Å². The number of halogens is 1. The second-order valence-corrected chi connectivity index (χ2v) is 11.6. The second kappa shape index (κ2) is 9.65. The molecular formula is C20H21ClN4O2S3. The zero-order valence-corrected chi connectivity index (χ0v) is 19.2. The van der Waals surface area contributed by atoms with Gasteiger partial charge < -0.3 is 5.32 Å². The Bertz CT molecular complexity index is 1070. The molecule has 4 rings (SSSR count). The highest BCUT2D eigenvalue weighted by Crippen LogP contribution is 2.37. The normalized spacial score (nSPS) is 19.5. The number of hydrogen-bond donors (Lipinski definition) is 2. The zero-order chi connectivity index (χ0) is 21.0. The molecule has 6 nitrogen and oxygen atoms in total. The van der Waals surface area contributed by atoms with Crippen LogP contribution in [0.15, 0.2) is 63.8 Å². The zero-order valence-electron chi connectivity index (χ0n) is 16.0. The first kappa shape index (κ1) is 21.6. The molecule has 1 heterocycles. The summed E-state index contributed by atoms with van der Waals surface area (Å²) < 4.78 is 29.4. The Kier molecular flexibility index (Phi) is 6.94. The fraction of sp³-hybridized carbons (Fsp3) is 0.300. The Balaban J connectivity index is 1.43. The lowest BCUT2D eigenvalue weighted by Crippen LogP contribution is -2.43. The number of para-hydroxylation sites is 1. The van der Waals surface area contributed by atoms with Crippen LogP contribution in [-0.2, 0) is 10.0 Å². The number of rotatable bonds is 7. The van der Waals surface area contributed by atoms with Gasteiger partial charge in [0.25, 0.3) is 0 Å². The summed E-state index contributed by atoms with van der Waals surface area (Å²) in [6.07, 6.45) is 3.81. The van der Waals surface area contributed by atoms with Crippen molar-refractivity contribution in [1.29, 1.82) is 0 Å². The number of anilines is 2. The monoisotopic (exact) mass is 480 g/mol. The van der Waals surface area contributed by atoms with E-state index in [9.17, 15) is 8.42 Å². The van der Waals surface area contributed by atoms with Crippen molar-refractivity contribution in [2.45, 2.75) is 46.2 Å². The van der Waals surface area contributed by atoms with Crippen LogP contribution in [0.2, 0.25) is 5.02 Å². The molecule has 3 aromatic rings. The smallest absolute Gasteiger partial charge is 0.240 e. The van der Waals surface area contributed by atoms with Crippen molar-refractivity contribution in [3.05, 3.63) is 59.6 Å². The number of benzene rings is 2. The Hall–Kier alpha value is -1.65. The van der Waals surface area contributed by atoms with Crippen LogP contribution in [0.4, 0.5) is 10.8 Å². The summed E-state index contributed by atoms with van der Waals surface area (Å²) in [6.45, 7) is 0. The summed E-state index contributed by atoms with van der Waals surface area (Å²) in [5.74, 6) is 0. The Morgan fingerprint density at radius 2 is 1.73 bits per heavy atom. The Labute approximate surface area is 189 Å². The largest absolute Gasteiger partial charge is 0.330 e. The van der Waals surface area contributed by atoms with Crippen LogP contribution in [0.5, 0.6) is 0 Å². The van der Waals surface area contributed by atoms with Gasteiger partial charge in [-0.3, -0.25) is 0 Å². The quantitative estimate of drug-likeness (QED) is 0.476. The van der Waals surface area contributed by atoms with Gasteiger partial charge >= 0.3 is 0 Å². The fourth-order valence-electron chi connectivity index (χ4n) is 3.34. The van der Waals surface area contributed by atoms with E-state index in [2.05, 4.69) is 20.2 Å². The summed E-state index contributed by atoms with van der Waals surface area (Å²) in [7, 11) is -3.60. The summed E-state index contributed by atoms with van der Waals surface area (Å²) in [5.41, 5.74) is 0.955. The third-order valence-electron chi connectivity index (χ3n) is 4.82. The molecular weight excluding hydrogens is 460 g/mol. The van der Waals surface area contributed by atoms with Gasteiger partial charge in [-0.1, -0.05) is 65.7 Å². The van der Waals surface area contributed by atoms with Gasteiger partial charge in [0.2, 0.25) is 15.2 Å². The molecule has 1 aliphatic rings. The van der Waals surface area contributed by atoms with Gasteiger partial charge in [0, 0.05) is 22.0 Å². The average Bonchev–Trinajstić information content (AvgIpc) is 3.17. The van der Waals surface area contributed by atoms with E-state index in [1.807, 2.05) is 30.3 Å². The van der Waals surface area contributed by atoms with E-state index in [-0.39, 0.29) is 16.2 Å². The van der Waals surface area contributed by atoms with Gasteiger partial charge in [-0.25, -0.2) is 13.1 Å². The van der Waals surface area contributed by atoms with Crippen LogP contribution in [0.1, 0.15) is 25.7 Å². The van der Waals surface area contributed by atoms with Crippen LogP contribution in [0.3, 0.4) is 0 Å². The Morgan fingerprint density at radius 1 is 1.00 bits per heavy atom. The molecule has 0 amide bonds. The fourth-order valence-corrected chi connectivity index (χ4v) is 7.16. The van der Waals surface area contributed by atoms with E-state index >= 15 is 0 Å². The third kappa shape index (κ3) is 5.53. The van der Waals surface area contributed by atoms with Crippen LogP contribution in [0, 0.1) is 0 Å². The maximum atomic E-state index is 12.8. The maximum Gasteiger partial charge on any atom is 0.240 e. The second-order valence-electron chi connectivity index (χ2n) is 6.99. The first-order chi connectivity index (χ1) is 14.5. The molecule has 1 aliphatic carbocycles. The number of hydrogen-bond acceptors (Lipinski definition) is 7. The van der Waals surface area contributed by atoms with E-state index in [1.54, 1.807) is 23.9 Å². The summed E-state index contributed by atoms with van der Waals surface area (Å²) >= 11 is 8.96. The maximum absolute atomic E-state index is 12.8. The topological polar surface area (TPSA) is 84.0 Å². The molecule has 0 aliphatic heterocycles. The van der Waals surface area contributed by atoms with Gasteiger partial charge in [0.1, 0.15) is 0 Å². The van der Waals surface area contributed by atoms with Crippen LogP contribution in [0.25, 0.3) is 0 Å². The van der Waals surface area contributed by atoms with Crippen molar-refractivity contribution >= 4 is 55.5 Å². The van der Waals surface area contributed by atoms with Gasteiger partial charge in [0.15, 0.2) is 4.34 Å². The lowest BCUT2D eigenvalue weighted by Gasteiger charge is -2.30. The highest BCUT2D eigenvalue weighted by atomic mass is 35.5. The molecule has 0 bridgehead atoms. The molecule has 10 heteroatoms. The molecule has 2 atom stereocenters. The molecule has 0 spiro atoms. The lowest BCUT2D eigenvalue weighted by atomic mass is 9.96. The summed E-state index contributed by atoms with van der Waals surface area (Å²) in [5, 5.41) is 13.1. The van der Waals surface area contributed by atoms with Gasteiger partial charge in [0.05, 0.1) is 4.90 Å². The van der Waals surface area contributed by atoms with Gasteiger partial charge in [-0.15, -0.1) is 10.2 Å². The van der Waals surface area contributed by atoms with Crippen molar-refractivity contribution in [2.24, 2.45) is 0 Å². The van der Waals surface area contributed by atoms with Crippen molar-refractivity contribution in [1.82, 2.24) is 14.9 Å². The minimum Gasteiger partial charge on any atom is -0.330 e. The van der Waals surface area contributed by atoms with Gasteiger partial charge in [-0.05, 0) is 49.2 Å². The van der Waals surface area contributed by atoms with Crippen molar-refractivity contribution in [3.63, 3.8) is 0 Å². The van der Waals surface area contributed by atoms with Crippen LogP contribution >= 0.6 is 34.7 Å². The average molecular weight is 481 g/mol. The predicted octanol–water partition coefficient (Wildman–Crippen LogP) is 5.32. The molecule has 0 radical (unpaired) electrons. The van der Waals surface area contributed by atoms with Crippen molar-refractivity contribution in [3.8, 4) is 0 Å². The third-order valence-corrected chi connectivity index (χ3v) is 8.90. The van der Waals surface area contributed by atoms with E-state index in [1.165, 1.54) is 23.5 Å². The predicted molar refractivity (Wildman–Crippen MR) is 123 cm³/mol. The molecule has 2 aromatic carbocycles. The van der Waals surface area contributed by atoms with E-state index in [4.69, 9.17) is 11.6 Å². The van der Waals surface area contributed by atoms with Crippen molar-refractivity contribution in [2.75, 3.05) is 5.32 Å². The minimum absolute atomic E-state index is 0.110. The van der Waals surface area contributed by atoms with Gasteiger partial charge in [-0.2, -0.15) is 0 Å². The molecule has 2 N–H and O–H groups in total.